The summed E-state index contributed by atoms with van der Waals surface area (Å²) in [4.78, 5) is 13.1. The number of oxazole rings is 1. The summed E-state index contributed by atoms with van der Waals surface area (Å²) < 4.78 is 5.70. The molecule has 1 aliphatic carbocycles. The number of aliphatic hydroxyl groups excluding tert-OH is 1. The third kappa shape index (κ3) is 3.37. The molecule has 1 fully saturated rings. The van der Waals surface area contributed by atoms with Crippen LogP contribution in [-0.4, -0.2) is 38.7 Å². The molecule has 0 saturated heterocycles. The van der Waals surface area contributed by atoms with E-state index < -0.39 is 0 Å². The Bertz CT molecular complexity index is 1010. The number of anilines is 2. The molecule has 0 radical (unpaired) electrons. The number of aromatic nitrogens is 3. The fraction of sp³-hybridized carbons (Fsp3) is 0.400. The summed E-state index contributed by atoms with van der Waals surface area (Å²) in [5.41, 5.74) is 1.72. The van der Waals surface area contributed by atoms with Crippen molar-refractivity contribution in [2.45, 2.75) is 38.8 Å². The maximum Gasteiger partial charge on any atom is 0.224 e. The largest absolute Gasteiger partial charge is 0.441 e. The van der Waals surface area contributed by atoms with Crippen LogP contribution in [0.4, 0.5) is 11.8 Å². The minimum Gasteiger partial charge on any atom is -0.441 e. The first-order valence-electron chi connectivity index (χ1n) is 9.27. The fourth-order valence-corrected chi connectivity index (χ4v) is 3.28. The van der Waals surface area contributed by atoms with Crippen molar-refractivity contribution in [1.29, 1.82) is 5.26 Å². The third-order valence-electron chi connectivity index (χ3n) is 5.40. The van der Waals surface area contributed by atoms with Gasteiger partial charge in [0.05, 0.1) is 12.3 Å². The number of hydrogen-bond acceptors (Lipinski definition) is 8. The second-order valence-electron chi connectivity index (χ2n) is 7.59. The molecule has 1 saturated carbocycles. The molecule has 0 amide bonds. The van der Waals surface area contributed by atoms with Crippen molar-refractivity contribution in [2.75, 3.05) is 17.2 Å². The van der Waals surface area contributed by atoms with Crippen molar-refractivity contribution < 1.29 is 11.0 Å². The topological polar surface area (TPSA) is 120 Å². The van der Waals surface area contributed by atoms with E-state index in [0.29, 0.717) is 42.6 Å². The van der Waals surface area contributed by atoms with Crippen LogP contribution in [0.15, 0.2) is 34.9 Å². The number of nitrogens with zero attached hydrogens (tertiary/aromatic N) is 4. The molecule has 1 unspecified atom stereocenters. The van der Waals surface area contributed by atoms with Gasteiger partial charge in [0.25, 0.3) is 0 Å². The number of aliphatic hydroxyl groups is 1. The highest BCUT2D eigenvalue weighted by molar-refractivity contribution is 5.72. The van der Waals surface area contributed by atoms with Crippen molar-refractivity contribution in [1.82, 2.24) is 15.0 Å². The standard InChI is InChI=1S/C20H22N6O2.H2/c1-20(2)15(9-16(20)27)25-18-12(10-21)11-23-19(26-18)22-8-7-17-24-13-5-3-4-6-14(13)28-17;/h3-6,11,15-16,27H,7-9H2,1-2H3,(H2,22,23,25,26);1H/t15-,16?;/m1./s1. The van der Waals surface area contributed by atoms with Crippen LogP contribution >= 0.6 is 0 Å². The number of benzene rings is 1. The zero-order valence-electron chi connectivity index (χ0n) is 15.8. The molecule has 146 valence electrons. The van der Waals surface area contributed by atoms with Crippen molar-refractivity contribution in [3.8, 4) is 6.07 Å². The smallest absolute Gasteiger partial charge is 0.224 e. The lowest BCUT2D eigenvalue weighted by Crippen LogP contribution is -2.57. The highest BCUT2D eigenvalue weighted by atomic mass is 16.3. The minimum atomic E-state index is -0.355. The van der Waals surface area contributed by atoms with E-state index in [-0.39, 0.29) is 19.0 Å². The normalized spacial score (nSPS) is 20.4. The molecular weight excluding hydrogens is 356 g/mol. The van der Waals surface area contributed by atoms with Gasteiger partial charge in [0, 0.05) is 25.8 Å². The molecular formula is C20H24N6O2. The molecule has 0 aliphatic heterocycles. The molecule has 3 N–H and O–H groups in total. The lowest BCUT2D eigenvalue weighted by molar-refractivity contribution is -0.0511. The van der Waals surface area contributed by atoms with Gasteiger partial charge in [0.15, 0.2) is 11.5 Å². The predicted molar refractivity (Wildman–Crippen MR) is 107 cm³/mol. The first-order chi connectivity index (χ1) is 13.5. The van der Waals surface area contributed by atoms with Gasteiger partial charge in [0.2, 0.25) is 5.95 Å². The summed E-state index contributed by atoms with van der Waals surface area (Å²) >= 11 is 0. The zero-order chi connectivity index (χ0) is 19.7. The summed E-state index contributed by atoms with van der Waals surface area (Å²) in [5, 5.41) is 25.7. The molecule has 4 rings (SSSR count). The van der Waals surface area contributed by atoms with Crippen LogP contribution in [0.5, 0.6) is 0 Å². The number of nitrogens with one attached hydrogen (secondary N) is 2. The van der Waals surface area contributed by atoms with E-state index in [9.17, 15) is 10.4 Å². The Labute approximate surface area is 164 Å². The predicted octanol–water partition coefficient (Wildman–Crippen LogP) is 2.96. The van der Waals surface area contributed by atoms with Gasteiger partial charge < -0.3 is 20.2 Å². The Balaban J connectivity index is 0.00000240. The fourth-order valence-electron chi connectivity index (χ4n) is 3.28. The van der Waals surface area contributed by atoms with Crippen LogP contribution in [0.2, 0.25) is 0 Å². The van der Waals surface area contributed by atoms with E-state index in [1.54, 1.807) is 0 Å². The van der Waals surface area contributed by atoms with Crippen LogP contribution in [0.25, 0.3) is 11.1 Å². The second-order valence-corrected chi connectivity index (χ2v) is 7.59. The Morgan fingerprint density at radius 1 is 1.36 bits per heavy atom. The van der Waals surface area contributed by atoms with Crippen molar-refractivity contribution in [3.63, 3.8) is 0 Å². The molecule has 8 nitrogen and oxygen atoms in total. The average Bonchev–Trinajstić information content (AvgIpc) is 3.11. The Kier molecular flexibility index (Phi) is 4.61. The van der Waals surface area contributed by atoms with Crippen LogP contribution < -0.4 is 10.6 Å². The Morgan fingerprint density at radius 3 is 2.89 bits per heavy atom. The van der Waals surface area contributed by atoms with Crippen molar-refractivity contribution in [2.24, 2.45) is 5.41 Å². The van der Waals surface area contributed by atoms with E-state index >= 15 is 0 Å². The Morgan fingerprint density at radius 2 is 2.18 bits per heavy atom. The van der Waals surface area contributed by atoms with E-state index in [2.05, 4.69) is 31.7 Å². The monoisotopic (exact) mass is 380 g/mol. The van der Waals surface area contributed by atoms with Gasteiger partial charge >= 0.3 is 0 Å². The Hall–Kier alpha value is -3.18. The first-order valence-corrected chi connectivity index (χ1v) is 9.27. The van der Waals surface area contributed by atoms with Crippen molar-refractivity contribution in [3.05, 3.63) is 41.9 Å². The third-order valence-corrected chi connectivity index (χ3v) is 5.40. The summed E-state index contributed by atoms with van der Waals surface area (Å²) in [6, 6.07) is 9.80. The highest BCUT2D eigenvalue weighted by Crippen LogP contribution is 2.42. The molecule has 0 bridgehead atoms. The van der Waals surface area contributed by atoms with Gasteiger partial charge in [-0.05, 0) is 18.6 Å². The lowest BCUT2D eigenvalue weighted by atomic mass is 9.64. The zero-order valence-corrected chi connectivity index (χ0v) is 15.8. The summed E-state index contributed by atoms with van der Waals surface area (Å²) in [7, 11) is 0. The van der Waals surface area contributed by atoms with Crippen molar-refractivity contribution >= 4 is 22.9 Å². The molecule has 28 heavy (non-hydrogen) atoms. The number of para-hydroxylation sites is 2. The number of hydrogen-bond donors (Lipinski definition) is 3. The summed E-state index contributed by atoms with van der Waals surface area (Å²) in [5.74, 6) is 1.55. The second kappa shape index (κ2) is 7.09. The SMILES string of the molecule is CC1(C)C(O)C[C@H]1Nc1nc(NCCc2nc3ccccc3o2)ncc1C#N.[HH]. The minimum absolute atomic E-state index is 0. The van der Waals surface area contributed by atoms with Gasteiger partial charge in [0.1, 0.15) is 23.0 Å². The van der Waals surface area contributed by atoms with Gasteiger partial charge in [-0.2, -0.15) is 10.2 Å². The van der Waals surface area contributed by atoms with Crippen LogP contribution in [0.3, 0.4) is 0 Å². The summed E-state index contributed by atoms with van der Waals surface area (Å²) in [6.07, 6.45) is 2.36. The molecule has 3 aromatic rings. The molecule has 0 spiro atoms. The summed E-state index contributed by atoms with van der Waals surface area (Å²) in [6.45, 7) is 4.53. The first kappa shape index (κ1) is 18.2. The molecule has 1 aromatic carbocycles. The van der Waals surface area contributed by atoms with E-state index in [1.807, 2.05) is 38.1 Å². The van der Waals surface area contributed by atoms with Crippen LogP contribution in [-0.2, 0) is 6.42 Å². The number of nitriles is 1. The van der Waals surface area contributed by atoms with Gasteiger partial charge in [-0.25, -0.2) is 9.97 Å². The lowest BCUT2D eigenvalue weighted by Gasteiger charge is -2.49. The molecule has 2 heterocycles. The average molecular weight is 380 g/mol. The number of rotatable bonds is 6. The number of fused-ring (bicyclic) bond motifs is 1. The molecule has 1 aliphatic rings. The van der Waals surface area contributed by atoms with Gasteiger partial charge in [-0.15, -0.1) is 0 Å². The highest BCUT2D eigenvalue weighted by Gasteiger charge is 2.47. The maximum atomic E-state index is 9.92. The van der Waals surface area contributed by atoms with E-state index in [0.717, 1.165) is 11.1 Å². The van der Waals surface area contributed by atoms with Crippen LogP contribution in [0.1, 0.15) is 33.1 Å². The van der Waals surface area contributed by atoms with Crippen LogP contribution in [0, 0.1) is 16.7 Å². The van der Waals surface area contributed by atoms with Gasteiger partial charge in [-0.3, -0.25) is 0 Å². The quantitative estimate of drug-likeness (QED) is 0.597. The van der Waals surface area contributed by atoms with E-state index in [1.165, 1.54) is 6.20 Å². The maximum absolute atomic E-state index is 9.92. The van der Waals surface area contributed by atoms with Gasteiger partial charge in [-0.1, -0.05) is 26.0 Å². The molecule has 2 atom stereocenters. The molecule has 8 heteroatoms. The molecule has 2 aromatic heterocycles. The van der Waals surface area contributed by atoms with E-state index in [4.69, 9.17) is 4.42 Å².